The van der Waals surface area contributed by atoms with Crippen molar-refractivity contribution >= 4 is 22.9 Å². The van der Waals surface area contributed by atoms with Crippen LogP contribution in [0.5, 0.6) is 5.88 Å². The molecule has 0 unspecified atom stereocenters. The summed E-state index contributed by atoms with van der Waals surface area (Å²) in [5, 5.41) is 16.2. The van der Waals surface area contributed by atoms with Gasteiger partial charge < -0.3 is 10.1 Å². The van der Waals surface area contributed by atoms with Gasteiger partial charge in [0.2, 0.25) is 5.88 Å². The van der Waals surface area contributed by atoms with E-state index in [4.69, 9.17) is 4.74 Å². The van der Waals surface area contributed by atoms with Crippen molar-refractivity contribution in [1.82, 2.24) is 30.1 Å². The van der Waals surface area contributed by atoms with Crippen molar-refractivity contribution < 1.29 is 13.9 Å². The van der Waals surface area contributed by atoms with Gasteiger partial charge in [0.25, 0.3) is 5.91 Å². The minimum Gasteiger partial charge on any atom is -0.475 e. The molecule has 5 aromatic rings. The number of fused-ring (bicyclic) bond motifs is 1. The molecule has 0 aliphatic rings. The van der Waals surface area contributed by atoms with E-state index in [0.717, 1.165) is 10.6 Å². The first-order valence-electron chi connectivity index (χ1n) is 10.5. The number of thiazole rings is 1. The molecule has 170 valence electrons. The van der Waals surface area contributed by atoms with Gasteiger partial charge in [-0.2, -0.15) is 4.52 Å². The molecule has 8 nitrogen and oxygen atoms in total. The van der Waals surface area contributed by atoms with E-state index in [1.165, 1.54) is 28.0 Å². The van der Waals surface area contributed by atoms with Crippen molar-refractivity contribution in [2.75, 3.05) is 13.2 Å². The number of benzene rings is 2. The second kappa shape index (κ2) is 9.36. The lowest BCUT2D eigenvalue weighted by molar-refractivity contribution is 0.0949. The standard InChI is InChI=1S/C24H19FN6O2S/c1-15-21(34-24(27-15)16-6-3-2-4-7-16)23(32)26-12-13-33-20-11-10-19-28-29-22(31(19)30-20)17-8-5-9-18(25)14-17/h2-11,14H,12-13H2,1H3,(H,26,32). The zero-order valence-corrected chi connectivity index (χ0v) is 18.9. The predicted octanol–water partition coefficient (Wildman–Crippen LogP) is 4.17. The first-order chi connectivity index (χ1) is 16.6. The van der Waals surface area contributed by atoms with Gasteiger partial charge in [-0.15, -0.1) is 26.6 Å². The third-order valence-electron chi connectivity index (χ3n) is 4.98. The lowest BCUT2D eigenvalue weighted by Crippen LogP contribution is -2.28. The summed E-state index contributed by atoms with van der Waals surface area (Å²) >= 11 is 1.36. The third kappa shape index (κ3) is 4.48. The van der Waals surface area contributed by atoms with E-state index in [2.05, 4.69) is 25.6 Å². The topological polar surface area (TPSA) is 94.3 Å². The number of halogens is 1. The number of aromatic nitrogens is 5. The Labute approximate surface area is 198 Å². The molecular formula is C24H19FN6O2S. The summed E-state index contributed by atoms with van der Waals surface area (Å²) in [7, 11) is 0. The number of ether oxygens (including phenoxy) is 1. The van der Waals surface area contributed by atoms with E-state index in [1.54, 1.807) is 24.3 Å². The highest BCUT2D eigenvalue weighted by atomic mass is 32.1. The minimum atomic E-state index is -0.371. The first kappa shape index (κ1) is 21.7. The van der Waals surface area contributed by atoms with E-state index in [-0.39, 0.29) is 24.9 Å². The monoisotopic (exact) mass is 474 g/mol. The number of rotatable bonds is 7. The highest BCUT2D eigenvalue weighted by Gasteiger charge is 2.16. The maximum absolute atomic E-state index is 13.6. The van der Waals surface area contributed by atoms with Crippen LogP contribution in [0, 0.1) is 12.7 Å². The van der Waals surface area contributed by atoms with Crippen molar-refractivity contribution in [2.45, 2.75) is 6.92 Å². The summed E-state index contributed by atoms with van der Waals surface area (Å²) in [6.45, 7) is 2.32. The summed E-state index contributed by atoms with van der Waals surface area (Å²) in [5.74, 6) is 0.170. The van der Waals surface area contributed by atoms with Gasteiger partial charge in [-0.25, -0.2) is 9.37 Å². The Morgan fingerprint density at radius 3 is 2.71 bits per heavy atom. The number of amides is 1. The fourth-order valence-corrected chi connectivity index (χ4v) is 4.36. The molecule has 0 saturated heterocycles. The van der Waals surface area contributed by atoms with E-state index in [1.807, 2.05) is 37.3 Å². The van der Waals surface area contributed by atoms with Crippen LogP contribution >= 0.6 is 11.3 Å². The molecule has 10 heteroatoms. The number of aryl methyl sites for hydroxylation is 1. The molecule has 0 aliphatic carbocycles. The van der Waals surface area contributed by atoms with Crippen LogP contribution in [0.15, 0.2) is 66.7 Å². The lowest BCUT2D eigenvalue weighted by atomic mass is 10.2. The number of hydrogen-bond acceptors (Lipinski definition) is 7. The average Bonchev–Trinajstić information content (AvgIpc) is 3.45. The smallest absolute Gasteiger partial charge is 0.263 e. The molecule has 0 radical (unpaired) electrons. The fourth-order valence-electron chi connectivity index (χ4n) is 3.37. The third-order valence-corrected chi connectivity index (χ3v) is 6.19. The maximum Gasteiger partial charge on any atom is 0.263 e. The minimum absolute atomic E-state index is 0.198. The van der Waals surface area contributed by atoms with Crippen molar-refractivity contribution in [1.29, 1.82) is 0 Å². The zero-order chi connectivity index (χ0) is 23.5. The van der Waals surface area contributed by atoms with Crippen LogP contribution in [0.1, 0.15) is 15.4 Å². The Hall–Kier alpha value is -4.18. The molecule has 1 amide bonds. The second-order valence-corrected chi connectivity index (χ2v) is 8.38. The molecule has 0 saturated carbocycles. The number of nitrogens with one attached hydrogen (secondary N) is 1. The molecule has 5 rings (SSSR count). The number of hydrogen-bond donors (Lipinski definition) is 1. The van der Waals surface area contributed by atoms with Crippen LogP contribution < -0.4 is 10.1 Å². The molecule has 1 N–H and O–H groups in total. The molecule has 0 atom stereocenters. The highest BCUT2D eigenvalue weighted by molar-refractivity contribution is 7.17. The SMILES string of the molecule is Cc1nc(-c2ccccc2)sc1C(=O)NCCOc1ccc2nnc(-c3cccc(F)c3)n2n1. The first-order valence-corrected chi connectivity index (χ1v) is 11.3. The van der Waals surface area contributed by atoms with Gasteiger partial charge in [-0.3, -0.25) is 4.79 Å². The summed E-state index contributed by atoms with van der Waals surface area (Å²) in [6.07, 6.45) is 0. The Morgan fingerprint density at radius 1 is 1.06 bits per heavy atom. The quantitative estimate of drug-likeness (QED) is 0.356. The van der Waals surface area contributed by atoms with Gasteiger partial charge in [-0.1, -0.05) is 42.5 Å². The van der Waals surface area contributed by atoms with Crippen LogP contribution in [0.3, 0.4) is 0 Å². The second-order valence-electron chi connectivity index (χ2n) is 7.38. The Bertz CT molecular complexity index is 1470. The van der Waals surface area contributed by atoms with Crippen LogP contribution in [0.2, 0.25) is 0 Å². The molecular weight excluding hydrogens is 455 g/mol. The van der Waals surface area contributed by atoms with Crippen LogP contribution in [0.4, 0.5) is 4.39 Å². The lowest BCUT2D eigenvalue weighted by Gasteiger charge is -2.07. The van der Waals surface area contributed by atoms with Crippen molar-refractivity contribution in [3.05, 3.63) is 83.1 Å². The van der Waals surface area contributed by atoms with E-state index >= 15 is 0 Å². The molecule has 34 heavy (non-hydrogen) atoms. The molecule has 0 aliphatic heterocycles. The van der Waals surface area contributed by atoms with Crippen molar-refractivity contribution in [3.63, 3.8) is 0 Å². The maximum atomic E-state index is 13.6. The summed E-state index contributed by atoms with van der Waals surface area (Å²) < 4.78 is 20.8. The molecule has 0 bridgehead atoms. The summed E-state index contributed by atoms with van der Waals surface area (Å²) in [4.78, 5) is 17.7. The van der Waals surface area contributed by atoms with Gasteiger partial charge in [-0.05, 0) is 25.1 Å². The van der Waals surface area contributed by atoms with Crippen molar-refractivity contribution in [2.24, 2.45) is 0 Å². The zero-order valence-electron chi connectivity index (χ0n) is 18.1. The van der Waals surface area contributed by atoms with Gasteiger partial charge in [0.05, 0.1) is 12.2 Å². The van der Waals surface area contributed by atoms with Crippen LogP contribution in [-0.2, 0) is 0 Å². The molecule has 0 spiro atoms. The molecule has 3 heterocycles. The molecule has 2 aromatic carbocycles. The normalized spacial score (nSPS) is 11.0. The van der Waals surface area contributed by atoms with Gasteiger partial charge >= 0.3 is 0 Å². The number of carbonyl (C=O) groups is 1. The van der Waals surface area contributed by atoms with E-state index in [0.29, 0.717) is 33.5 Å². The number of carbonyl (C=O) groups excluding carboxylic acids is 1. The van der Waals surface area contributed by atoms with Gasteiger partial charge in [0.1, 0.15) is 22.3 Å². The fraction of sp³-hybridized carbons (Fsp3) is 0.125. The van der Waals surface area contributed by atoms with Gasteiger partial charge in [0, 0.05) is 17.2 Å². The van der Waals surface area contributed by atoms with Crippen LogP contribution in [0.25, 0.3) is 27.6 Å². The summed E-state index contributed by atoms with van der Waals surface area (Å²) in [6, 6.07) is 19.2. The molecule has 0 fully saturated rings. The largest absolute Gasteiger partial charge is 0.475 e. The summed E-state index contributed by atoms with van der Waals surface area (Å²) in [5.41, 5.74) is 2.73. The van der Waals surface area contributed by atoms with E-state index in [9.17, 15) is 9.18 Å². The Kier molecular flexibility index (Phi) is 5.96. The predicted molar refractivity (Wildman–Crippen MR) is 126 cm³/mol. The van der Waals surface area contributed by atoms with Gasteiger partial charge in [0.15, 0.2) is 11.5 Å². The number of nitrogens with zero attached hydrogens (tertiary/aromatic N) is 5. The van der Waals surface area contributed by atoms with Crippen LogP contribution in [-0.4, -0.2) is 43.9 Å². The highest BCUT2D eigenvalue weighted by Crippen LogP contribution is 2.27. The Morgan fingerprint density at radius 2 is 1.88 bits per heavy atom. The van der Waals surface area contributed by atoms with Crippen molar-refractivity contribution in [3.8, 4) is 27.8 Å². The van der Waals surface area contributed by atoms with E-state index < -0.39 is 0 Å². The molecule has 3 aromatic heterocycles. The average molecular weight is 475 g/mol. The Balaban J connectivity index is 1.22.